The topological polar surface area (TPSA) is 57.3 Å². The van der Waals surface area contributed by atoms with Gasteiger partial charge in [-0.1, -0.05) is 0 Å². The number of amides is 1. The number of alkyl halides is 3. The summed E-state index contributed by atoms with van der Waals surface area (Å²) < 4.78 is 54.3. The lowest BCUT2D eigenvalue weighted by Gasteiger charge is -2.30. The summed E-state index contributed by atoms with van der Waals surface area (Å²) in [6, 6.07) is 3.50. The number of nitrogens with zero attached hydrogens (tertiary/aromatic N) is 2. The Labute approximate surface area is 152 Å². The molecular weight excluding hydrogens is 364 g/mol. The number of pyridine rings is 1. The van der Waals surface area contributed by atoms with Crippen LogP contribution in [0.4, 0.5) is 28.9 Å². The molecule has 4 rings (SSSR count). The molecule has 2 aliphatic heterocycles. The molecule has 0 aliphatic carbocycles. The lowest BCUT2D eigenvalue weighted by molar-refractivity contribution is -0.137. The number of fused-ring (bicyclic) bond motifs is 3. The molecule has 27 heavy (non-hydrogen) atoms. The molecule has 1 saturated heterocycles. The third kappa shape index (κ3) is 3.01. The Bertz CT molecular complexity index is 928. The third-order valence-electron chi connectivity index (χ3n) is 4.85. The van der Waals surface area contributed by atoms with Crippen molar-refractivity contribution >= 4 is 17.3 Å². The first-order chi connectivity index (χ1) is 12.8. The first kappa shape index (κ1) is 17.7. The Kier molecular flexibility index (Phi) is 4.06. The molecule has 0 bridgehead atoms. The van der Waals surface area contributed by atoms with E-state index in [1.54, 1.807) is 6.07 Å². The van der Waals surface area contributed by atoms with Crippen LogP contribution in [0.15, 0.2) is 24.4 Å². The molecule has 0 saturated carbocycles. The average Bonchev–Trinajstić information content (AvgIpc) is 2.90. The summed E-state index contributed by atoms with van der Waals surface area (Å²) in [5.41, 5.74) is -0.0887. The summed E-state index contributed by atoms with van der Waals surface area (Å²) in [6.45, 7) is 2.82. The van der Waals surface area contributed by atoms with E-state index in [1.165, 1.54) is 24.1 Å². The van der Waals surface area contributed by atoms with Gasteiger partial charge in [0.2, 0.25) is 5.95 Å². The van der Waals surface area contributed by atoms with Gasteiger partial charge in [-0.3, -0.25) is 4.79 Å². The van der Waals surface area contributed by atoms with Crippen molar-refractivity contribution < 1.29 is 22.4 Å². The van der Waals surface area contributed by atoms with Gasteiger partial charge in [-0.05, 0) is 30.7 Å². The van der Waals surface area contributed by atoms with E-state index in [0.717, 1.165) is 6.07 Å². The first-order valence-electron chi connectivity index (χ1n) is 8.41. The number of piperazine rings is 1. The fourth-order valence-corrected chi connectivity index (χ4v) is 3.62. The molecule has 0 spiro atoms. The Morgan fingerprint density at radius 1 is 1.26 bits per heavy atom. The maximum atomic E-state index is 13.7. The monoisotopic (exact) mass is 380 g/mol. The summed E-state index contributed by atoms with van der Waals surface area (Å²) >= 11 is 0. The largest absolute Gasteiger partial charge is 0.417 e. The predicted octanol–water partition coefficient (Wildman–Crippen LogP) is 3.39. The van der Waals surface area contributed by atoms with Gasteiger partial charge in [-0.15, -0.1) is 0 Å². The normalized spacial score (nSPS) is 19.1. The number of halogens is 4. The number of carbonyl (C=O) groups excluding carboxylic acids is 1. The van der Waals surface area contributed by atoms with Gasteiger partial charge in [0.15, 0.2) is 0 Å². The van der Waals surface area contributed by atoms with E-state index in [2.05, 4.69) is 15.6 Å². The zero-order valence-electron chi connectivity index (χ0n) is 14.3. The highest BCUT2D eigenvalue weighted by atomic mass is 19.4. The molecule has 0 unspecified atom stereocenters. The standard InChI is InChI=1S/C18H16F4N4O/c1-9-4-11(7-24-16(9)19)25-10-5-12-14-8-23-2-3-26(14)17(27)15(12)13(6-10)18(20,21)22/h4-7,14,23,25H,2-3,8H2,1H3/t14-/m0/s1. The lowest BCUT2D eigenvalue weighted by atomic mass is 9.97. The Morgan fingerprint density at radius 2 is 2.04 bits per heavy atom. The molecule has 1 atom stereocenters. The second kappa shape index (κ2) is 6.19. The molecular formula is C18H16F4N4O. The van der Waals surface area contributed by atoms with Crippen molar-refractivity contribution in [3.63, 3.8) is 0 Å². The van der Waals surface area contributed by atoms with Gasteiger partial charge in [0.25, 0.3) is 5.91 Å². The maximum Gasteiger partial charge on any atom is 0.417 e. The number of hydrogen-bond acceptors (Lipinski definition) is 4. The zero-order chi connectivity index (χ0) is 19.3. The highest BCUT2D eigenvalue weighted by Gasteiger charge is 2.45. The quantitative estimate of drug-likeness (QED) is 0.620. The Hall–Kier alpha value is -2.68. The highest BCUT2D eigenvalue weighted by Crippen LogP contribution is 2.44. The van der Waals surface area contributed by atoms with E-state index >= 15 is 0 Å². The van der Waals surface area contributed by atoms with Crippen LogP contribution in [0.5, 0.6) is 0 Å². The molecule has 142 valence electrons. The van der Waals surface area contributed by atoms with Gasteiger partial charge in [0, 0.05) is 30.9 Å². The summed E-state index contributed by atoms with van der Waals surface area (Å²) in [5.74, 6) is -1.23. The van der Waals surface area contributed by atoms with Crippen LogP contribution in [0.2, 0.25) is 0 Å². The first-order valence-corrected chi connectivity index (χ1v) is 8.41. The zero-order valence-corrected chi connectivity index (χ0v) is 14.3. The minimum Gasteiger partial charge on any atom is -0.354 e. The van der Waals surface area contributed by atoms with Crippen LogP contribution in [-0.2, 0) is 6.18 Å². The molecule has 1 amide bonds. The van der Waals surface area contributed by atoms with E-state index < -0.39 is 29.6 Å². The van der Waals surface area contributed by atoms with Crippen molar-refractivity contribution in [2.75, 3.05) is 25.0 Å². The lowest BCUT2D eigenvalue weighted by Crippen LogP contribution is -2.44. The van der Waals surface area contributed by atoms with Crippen LogP contribution < -0.4 is 10.6 Å². The van der Waals surface area contributed by atoms with E-state index in [4.69, 9.17) is 0 Å². The number of benzene rings is 1. The maximum absolute atomic E-state index is 13.7. The molecule has 0 radical (unpaired) electrons. The number of rotatable bonds is 2. The SMILES string of the molecule is Cc1cc(Nc2cc3c(c(C(F)(F)F)c2)C(=O)N2CCNC[C@@H]32)cnc1F. The van der Waals surface area contributed by atoms with Crippen molar-refractivity contribution in [1.29, 1.82) is 0 Å². The Balaban J connectivity index is 1.81. The van der Waals surface area contributed by atoms with Gasteiger partial charge in [-0.25, -0.2) is 4.98 Å². The van der Waals surface area contributed by atoms with Gasteiger partial charge in [0.05, 0.1) is 29.1 Å². The van der Waals surface area contributed by atoms with Crippen LogP contribution in [0.25, 0.3) is 0 Å². The molecule has 2 aliphatic rings. The van der Waals surface area contributed by atoms with Crippen LogP contribution >= 0.6 is 0 Å². The summed E-state index contributed by atoms with van der Waals surface area (Å²) in [5, 5.41) is 5.96. The van der Waals surface area contributed by atoms with Crippen molar-refractivity contribution in [2.24, 2.45) is 0 Å². The molecule has 1 aromatic carbocycles. The van der Waals surface area contributed by atoms with Crippen molar-refractivity contribution in [3.05, 3.63) is 52.6 Å². The fourth-order valence-electron chi connectivity index (χ4n) is 3.62. The number of nitrogens with one attached hydrogen (secondary N) is 2. The van der Waals surface area contributed by atoms with Crippen molar-refractivity contribution in [3.8, 4) is 0 Å². The second-order valence-electron chi connectivity index (χ2n) is 6.66. The minimum absolute atomic E-state index is 0.175. The van der Waals surface area contributed by atoms with Gasteiger partial charge in [0.1, 0.15) is 0 Å². The molecule has 1 aromatic heterocycles. The van der Waals surface area contributed by atoms with E-state index in [0.29, 0.717) is 30.9 Å². The van der Waals surface area contributed by atoms with Gasteiger partial charge >= 0.3 is 6.18 Å². The summed E-state index contributed by atoms with van der Waals surface area (Å²) in [4.78, 5) is 17.6. The highest BCUT2D eigenvalue weighted by molar-refractivity contribution is 6.01. The number of hydrogen-bond donors (Lipinski definition) is 2. The smallest absolute Gasteiger partial charge is 0.354 e. The second-order valence-corrected chi connectivity index (χ2v) is 6.66. The number of aryl methyl sites for hydroxylation is 1. The number of aromatic nitrogens is 1. The van der Waals surface area contributed by atoms with Gasteiger partial charge < -0.3 is 15.5 Å². The third-order valence-corrected chi connectivity index (χ3v) is 4.85. The molecule has 1 fully saturated rings. The van der Waals surface area contributed by atoms with Crippen molar-refractivity contribution in [1.82, 2.24) is 15.2 Å². The molecule has 2 aromatic rings. The Morgan fingerprint density at radius 3 is 2.74 bits per heavy atom. The van der Waals surface area contributed by atoms with Crippen LogP contribution in [0.1, 0.15) is 33.1 Å². The van der Waals surface area contributed by atoms with E-state index in [-0.39, 0.29) is 16.8 Å². The average molecular weight is 380 g/mol. The van der Waals surface area contributed by atoms with Crippen LogP contribution in [0.3, 0.4) is 0 Å². The number of anilines is 2. The molecule has 9 heteroatoms. The van der Waals surface area contributed by atoms with Crippen LogP contribution in [0, 0.1) is 12.9 Å². The molecule has 3 heterocycles. The fraction of sp³-hybridized carbons (Fsp3) is 0.333. The van der Waals surface area contributed by atoms with E-state index in [9.17, 15) is 22.4 Å². The molecule has 2 N–H and O–H groups in total. The van der Waals surface area contributed by atoms with Crippen molar-refractivity contribution in [2.45, 2.75) is 19.1 Å². The minimum atomic E-state index is -4.67. The summed E-state index contributed by atoms with van der Waals surface area (Å²) in [7, 11) is 0. The predicted molar refractivity (Wildman–Crippen MR) is 90.3 cm³/mol. The van der Waals surface area contributed by atoms with Gasteiger partial charge in [-0.2, -0.15) is 17.6 Å². The molecule has 5 nitrogen and oxygen atoms in total. The van der Waals surface area contributed by atoms with Crippen LogP contribution in [-0.4, -0.2) is 35.4 Å². The van der Waals surface area contributed by atoms with E-state index in [1.807, 2.05) is 0 Å². The number of carbonyl (C=O) groups is 1. The summed E-state index contributed by atoms with van der Waals surface area (Å²) in [6.07, 6.45) is -3.46.